The predicted molar refractivity (Wildman–Crippen MR) is 105 cm³/mol. The fourth-order valence-corrected chi connectivity index (χ4v) is 3.70. The first-order valence-electron chi connectivity index (χ1n) is 9.94. The highest BCUT2D eigenvalue weighted by Gasteiger charge is 2.49. The summed E-state index contributed by atoms with van der Waals surface area (Å²) >= 11 is 0. The molecular formula is C21H10F12N4O2. The maximum atomic E-state index is 14.6. The third kappa shape index (κ3) is 5.05. The number of amides is 1. The summed E-state index contributed by atoms with van der Waals surface area (Å²) in [6.07, 6.45) is -16.9. The maximum Gasteiger partial charge on any atom is 0.436 e. The molecular weight excluding hydrogens is 568 g/mol. The van der Waals surface area contributed by atoms with Gasteiger partial charge in [0, 0.05) is 5.56 Å². The minimum atomic E-state index is -5.70. The van der Waals surface area contributed by atoms with Gasteiger partial charge in [0.15, 0.2) is 11.5 Å². The van der Waals surface area contributed by atoms with E-state index in [0.717, 1.165) is 19.9 Å². The van der Waals surface area contributed by atoms with Gasteiger partial charge in [-0.15, -0.1) is 0 Å². The van der Waals surface area contributed by atoms with E-state index in [2.05, 4.69) is 4.98 Å². The van der Waals surface area contributed by atoms with Crippen LogP contribution in [0.2, 0.25) is 0 Å². The van der Waals surface area contributed by atoms with E-state index in [4.69, 9.17) is 5.26 Å². The Morgan fingerprint density at radius 1 is 0.949 bits per heavy atom. The number of nitrogens with zero attached hydrogens (tertiary/aromatic N) is 3. The Bertz CT molecular complexity index is 1410. The van der Waals surface area contributed by atoms with Gasteiger partial charge in [-0.1, -0.05) is 0 Å². The first kappa shape index (κ1) is 29.5. The quantitative estimate of drug-likeness (QED) is 0.197. The molecule has 2 heterocycles. The number of halogens is 12. The highest BCUT2D eigenvalue weighted by atomic mass is 19.4. The number of rotatable bonds is 2. The molecule has 0 unspecified atom stereocenters. The molecule has 0 aliphatic carbocycles. The highest BCUT2D eigenvalue weighted by Crippen LogP contribution is 2.43. The average Bonchev–Trinajstić information content (AvgIpc) is 3.01. The average molecular weight is 578 g/mol. The lowest BCUT2D eigenvalue weighted by Gasteiger charge is -2.23. The molecule has 3 rings (SSSR count). The number of hydrogen-bond acceptors (Lipinski definition) is 5. The van der Waals surface area contributed by atoms with Crippen molar-refractivity contribution in [1.82, 2.24) is 10.4 Å². The number of carbonyl (C=O) groups excluding carboxylic acids is 1. The summed E-state index contributed by atoms with van der Waals surface area (Å²) in [5.41, 5.74) is -13.6. The first-order chi connectivity index (χ1) is 17.5. The van der Waals surface area contributed by atoms with E-state index in [1.54, 1.807) is 0 Å². The van der Waals surface area contributed by atoms with Crippen molar-refractivity contribution in [3.63, 3.8) is 0 Å². The summed E-state index contributed by atoms with van der Waals surface area (Å²) in [5, 5.41) is 19.2. The summed E-state index contributed by atoms with van der Waals surface area (Å²) < 4.78 is 163. The highest BCUT2D eigenvalue weighted by molar-refractivity contribution is 6.13. The second kappa shape index (κ2) is 9.03. The van der Waals surface area contributed by atoms with Crippen LogP contribution < -0.4 is 10.4 Å². The number of aromatic nitrogens is 1. The van der Waals surface area contributed by atoms with E-state index < -0.39 is 92.5 Å². The number of alkyl halides is 9. The summed E-state index contributed by atoms with van der Waals surface area (Å²) in [7, 11) is 0. The van der Waals surface area contributed by atoms with Crippen molar-refractivity contribution in [1.29, 1.82) is 5.26 Å². The van der Waals surface area contributed by atoms with Crippen molar-refractivity contribution in [3.05, 3.63) is 63.2 Å². The molecule has 18 heteroatoms. The van der Waals surface area contributed by atoms with Crippen molar-refractivity contribution in [2.24, 2.45) is 0 Å². The van der Waals surface area contributed by atoms with Crippen LogP contribution in [0.25, 0.3) is 5.76 Å². The molecule has 2 aromatic rings. The van der Waals surface area contributed by atoms with Gasteiger partial charge in [0.25, 0.3) is 11.9 Å². The number of aliphatic hydroxyl groups excluding tert-OH is 1. The Hall–Kier alpha value is -4.01. The van der Waals surface area contributed by atoms with Crippen LogP contribution in [-0.4, -0.2) is 21.5 Å². The van der Waals surface area contributed by atoms with Gasteiger partial charge in [-0.3, -0.25) is 4.79 Å². The molecule has 1 saturated heterocycles. The summed E-state index contributed by atoms with van der Waals surface area (Å²) in [6.45, 7) is 1.79. The Balaban J connectivity index is 2.33. The fourth-order valence-electron chi connectivity index (χ4n) is 3.70. The van der Waals surface area contributed by atoms with Crippen molar-refractivity contribution in [2.45, 2.75) is 37.9 Å². The molecule has 0 radical (unpaired) electrons. The van der Waals surface area contributed by atoms with Crippen LogP contribution in [0.3, 0.4) is 0 Å². The van der Waals surface area contributed by atoms with Crippen LogP contribution in [-0.2, 0) is 23.3 Å². The number of nitriles is 1. The predicted octanol–water partition coefficient (Wildman–Crippen LogP) is 6.03. The molecule has 0 spiro atoms. The molecule has 210 valence electrons. The minimum Gasteiger partial charge on any atom is -0.507 e. The molecule has 6 nitrogen and oxygen atoms in total. The molecule has 1 aliphatic rings. The zero-order chi connectivity index (χ0) is 30.0. The minimum absolute atomic E-state index is 0.114. The third-order valence-electron chi connectivity index (χ3n) is 5.31. The molecule has 2 N–H and O–H groups in total. The first-order valence-corrected chi connectivity index (χ1v) is 9.94. The Morgan fingerprint density at radius 3 is 1.85 bits per heavy atom. The number of hydrogen-bond donors (Lipinski definition) is 2. The molecule has 0 atom stereocenters. The topological polar surface area (TPSA) is 89.2 Å². The number of anilines is 1. The molecule has 1 aliphatic heterocycles. The van der Waals surface area contributed by atoms with E-state index in [-0.39, 0.29) is 17.1 Å². The van der Waals surface area contributed by atoms with Crippen molar-refractivity contribution in [3.8, 4) is 6.07 Å². The van der Waals surface area contributed by atoms with Crippen molar-refractivity contribution < 1.29 is 62.6 Å². The largest absolute Gasteiger partial charge is 0.507 e. The Kier molecular flexibility index (Phi) is 6.84. The molecule has 1 fully saturated rings. The fraction of sp³-hybridized carbons (Fsp3) is 0.286. The van der Waals surface area contributed by atoms with E-state index in [1.807, 2.05) is 5.43 Å². The summed E-state index contributed by atoms with van der Waals surface area (Å²) in [6, 6.07) is 0.532. The standard InChI is InChI=1S/C21H10F12N4O2/c1-18(2)10(14(38)6-3-8(19(25,26)27)7(5-34)9(4-6)20(28,29)30)17(39)37(36-18)13-11(22)15(21(31,32)33)35-16(24)12(13)23/h3-4,36,38H,1-2H3. The van der Waals surface area contributed by atoms with E-state index in [1.165, 1.54) is 0 Å². The van der Waals surface area contributed by atoms with Gasteiger partial charge < -0.3 is 5.11 Å². The van der Waals surface area contributed by atoms with Crippen LogP contribution in [0.15, 0.2) is 17.7 Å². The monoisotopic (exact) mass is 578 g/mol. The second-order valence-electron chi connectivity index (χ2n) is 8.38. The number of pyridine rings is 1. The van der Waals surface area contributed by atoms with Crippen molar-refractivity contribution in [2.75, 3.05) is 5.01 Å². The zero-order valence-corrected chi connectivity index (χ0v) is 18.9. The number of hydrazine groups is 1. The second-order valence-corrected chi connectivity index (χ2v) is 8.38. The van der Waals surface area contributed by atoms with Gasteiger partial charge >= 0.3 is 18.5 Å². The Labute approximate surface area is 208 Å². The molecule has 39 heavy (non-hydrogen) atoms. The van der Waals surface area contributed by atoms with Gasteiger partial charge in [0.2, 0.25) is 5.82 Å². The summed E-state index contributed by atoms with van der Waals surface area (Å²) in [5.74, 6) is -11.0. The Morgan fingerprint density at radius 2 is 1.44 bits per heavy atom. The maximum absolute atomic E-state index is 14.6. The van der Waals surface area contributed by atoms with Crippen LogP contribution in [0.4, 0.5) is 58.4 Å². The lowest BCUT2D eigenvalue weighted by molar-refractivity contribution is -0.145. The van der Waals surface area contributed by atoms with Crippen LogP contribution in [0, 0.1) is 28.9 Å². The molecule has 1 aromatic heterocycles. The molecule has 1 aromatic carbocycles. The van der Waals surface area contributed by atoms with Crippen LogP contribution in [0.1, 0.15) is 41.8 Å². The molecule has 0 saturated carbocycles. The smallest absolute Gasteiger partial charge is 0.436 e. The van der Waals surface area contributed by atoms with Gasteiger partial charge in [-0.2, -0.15) is 53.6 Å². The van der Waals surface area contributed by atoms with Gasteiger partial charge in [-0.25, -0.2) is 19.8 Å². The van der Waals surface area contributed by atoms with E-state index in [9.17, 15) is 62.6 Å². The van der Waals surface area contributed by atoms with Crippen LogP contribution >= 0.6 is 0 Å². The van der Waals surface area contributed by atoms with E-state index >= 15 is 0 Å². The van der Waals surface area contributed by atoms with Gasteiger partial charge in [0.05, 0.1) is 27.8 Å². The molecule has 1 amide bonds. The van der Waals surface area contributed by atoms with Crippen molar-refractivity contribution >= 4 is 17.4 Å². The lowest BCUT2D eigenvalue weighted by atomic mass is 9.90. The number of carbonyl (C=O) groups is 1. The number of nitrogens with one attached hydrogen (secondary N) is 1. The normalized spacial score (nSPS) is 17.5. The molecule has 0 bridgehead atoms. The van der Waals surface area contributed by atoms with Gasteiger partial charge in [-0.05, 0) is 26.0 Å². The SMILES string of the molecule is CC1(C)NN(c2c(F)c(F)nc(C(F)(F)F)c2F)C(=O)C1=C(O)c1cc(C(F)(F)F)c(C#N)c(C(F)(F)F)c1. The van der Waals surface area contributed by atoms with E-state index in [0.29, 0.717) is 0 Å². The zero-order valence-electron chi connectivity index (χ0n) is 18.9. The summed E-state index contributed by atoms with van der Waals surface area (Å²) in [4.78, 5) is 15.1. The number of benzene rings is 1. The van der Waals surface area contributed by atoms with Crippen LogP contribution in [0.5, 0.6) is 0 Å². The van der Waals surface area contributed by atoms with Gasteiger partial charge in [0.1, 0.15) is 17.5 Å². The number of aliphatic hydroxyl groups is 1. The lowest BCUT2D eigenvalue weighted by Crippen LogP contribution is -2.44. The third-order valence-corrected chi connectivity index (χ3v) is 5.31.